The number of halogens is 1. The maximum Gasteiger partial charge on any atom is 0.191 e. The number of nitrogens with zero attached hydrogens (tertiary/aromatic N) is 2. The first kappa shape index (κ1) is 21.5. The van der Waals surface area contributed by atoms with Crippen LogP contribution in [0.3, 0.4) is 0 Å². The van der Waals surface area contributed by atoms with Gasteiger partial charge in [-0.15, -0.1) is 35.3 Å². The van der Waals surface area contributed by atoms with Gasteiger partial charge in [-0.3, -0.25) is 4.99 Å². The van der Waals surface area contributed by atoms with Gasteiger partial charge in [0.05, 0.1) is 20.3 Å². The van der Waals surface area contributed by atoms with Crippen molar-refractivity contribution in [3.63, 3.8) is 0 Å². The SMILES string of the molecule is CN=C(NCCCOc1ccc(OC)cc1)NCc1ncc(C)s1.I. The largest absolute Gasteiger partial charge is 0.497 e. The Morgan fingerprint density at radius 1 is 1.20 bits per heavy atom. The number of hydrogen-bond acceptors (Lipinski definition) is 5. The fraction of sp³-hybridized carbons (Fsp3) is 0.412. The van der Waals surface area contributed by atoms with Gasteiger partial charge < -0.3 is 20.1 Å². The monoisotopic (exact) mass is 476 g/mol. The second-order valence-corrected chi connectivity index (χ2v) is 6.41. The van der Waals surface area contributed by atoms with Crippen molar-refractivity contribution < 1.29 is 9.47 Å². The molecule has 2 aromatic rings. The van der Waals surface area contributed by atoms with Crippen LogP contribution in [0.1, 0.15) is 16.3 Å². The highest BCUT2D eigenvalue weighted by atomic mass is 127. The van der Waals surface area contributed by atoms with Gasteiger partial charge in [-0.25, -0.2) is 4.98 Å². The summed E-state index contributed by atoms with van der Waals surface area (Å²) in [5.41, 5.74) is 0. The Morgan fingerprint density at radius 2 is 1.92 bits per heavy atom. The van der Waals surface area contributed by atoms with E-state index in [4.69, 9.17) is 9.47 Å². The highest BCUT2D eigenvalue weighted by Gasteiger charge is 2.01. The van der Waals surface area contributed by atoms with Crippen LogP contribution in [0, 0.1) is 6.92 Å². The number of nitrogens with one attached hydrogen (secondary N) is 2. The smallest absolute Gasteiger partial charge is 0.191 e. The Bertz CT molecular complexity index is 646. The number of thiazole rings is 1. The molecular weight excluding hydrogens is 451 g/mol. The molecule has 0 saturated carbocycles. The average Bonchev–Trinajstić information content (AvgIpc) is 3.03. The normalized spacial score (nSPS) is 10.8. The molecule has 0 aliphatic rings. The lowest BCUT2D eigenvalue weighted by Crippen LogP contribution is -2.37. The highest BCUT2D eigenvalue weighted by molar-refractivity contribution is 14.0. The Morgan fingerprint density at radius 3 is 2.52 bits per heavy atom. The van der Waals surface area contributed by atoms with E-state index >= 15 is 0 Å². The molecule has 0 saturated heterocycles. The van der Waals surface area contributed by atoms with Crippen LogP contribution in [-0.2, 0) is 6.54 Å². The fourth-order valence-electron chi connectivity index (χ4n) is 2.00. The van der Waals surface area contributed by atoms with Gasteiger partial charge >= 0.3 is 0 Å². The number of ether oxygens (including phenoxy) is 2. The minimum Gasteiger partial charge on any atom is -0.497 e. The highest BCUT2D eigenvalue weighted by Crippen LogP contribution is 2.16. The van der Waals surface area contributed by atoms with Gasteiger partial charge in [0.2, 0.25) is 0 Å². The van der Waals surface area contributed by atoms with Gasteiger partial charge in [0.25, 0.3) is 0 Å². The molecule has 2 rings (SSSR count). The van der Waals surface area contributed by atoms with Crippen molar-refractivity contribution in [1.29, 1.82) is 0 Å². The Balaban J connectivity index is 0.00000312. The molecule has 0 spiro atoms. The van der Waals surface area contributed by atoms with Crippen LogP contribution >= 0.6 is 35.3 Å². The molecule has 0 aliphatic carbocycles. The van der Waals surface area contributed by atoms with E-state index in [0.717, 1.165) is 35.4 Å². The Kier molecular flexibility index (Phi) is 10.2. The topological polar surface area (TPSA) is 67.8 Å². The molecule has 25 heavy (non-hydrogen) atoms. The number of aliphatic imine (C=N–C) groups is 1. The van der Waals surface area contributed by atoms with E-state index in [0.29, 0.717) is 13.2 Å². The van der Waals surface area contributed by atoms with E-state index in [2.05, 4.69) is 27.5 Å². The van der Waals surface area contributed by atoms with Crippen molar-refractivity contribution >= 4 is 41.3 Å². The molecule has 1 aromatic carbocycles. The Hall–Kier alpha value is -1.55. The molecular formula is C17H25IN4O2S. The average molecular weight is 476 g/mol. The van der Waals surface area contributed by atoms with Crippen LogP contribution in [0.4, 0.5) is 0 Å². The first-order valence-electron chi connectivity index (χ1n) is 7.84. The standard InChI is InChI=1S/C17H24N4O2S.HI/c1-13-11-20-16(24-13)12-21-17(18-2)19-9-4-10-23-15-7-5-14(22-3)6-8-15;/h5-8,11H,4,9-10,12H2,1-3H3,(H2,18,19,21);1H. The molecule has 0 unspecified atom stereocenters. The van der Waals surface area contributed by atoms with Crippen molar-refractivity contribution in [2.24, 2.45) is 4.99 Å². The van der Waals surface area contributed by atoms with E-state index in [1.807, 2.05) is 30.5 Å². The minimum atomic E-state index is 0. The van der Waals surface area contributed by atoms with Crippen molar-refractivity contribution in [3.8, 4) is 11.5 Å². The summed E-state index contributed by atoms with van der Waals surface area (Å²) < 4.78 is 10.8. The summed E-state index contributed by atoms with van der Waals surface area (Å²) in [6, 6.07) is 7.59. The molecule has 0 atom stereocenters. The third kappa shape index (κ3) is 7.91. The van der Waals surface area contributed by atoms with Gasteiger partial charge in [-0.05, 0) is 37.6 Å². The summed E-state index contributed by atoms with van der Waals surface area (Å²) in [4.78, 5) is 9.74. The molecule has 138 valence electrons. The first-order valence-corrected chi connectivity index (χ1v) is 8.65. The molecule has 0 radical (unpaired) electrons. The quantitative estimate of drug-likeness (QED) is 0.265. The second kappa shape index (κ2) is 11.9. The number of rotatable bonds is 8. The molecule has 0 fully saturated rings. The summed E-state index contributed by atoms with van der Waals surface area (Å²) in [7, 11) is 3.41. The molecule has 8 heteroatoms. The lowest BCUT2D eigenvalue weighted by atomic mass is 10.3. The van der Waals surface area contributed by atoms with Gasteiger partial charge in [0, 0.05) is 24.7 Å². The van der Waals surface area contributed by atoms with Crippen LogP contribution in [0.5, 0.6) is 11.5 Å². The summed E-state index contributed by atoms with van der Waals surface area (Å²) in [6.07, 6.45) is 2.76. The van der Waals surface area contributed by atoms with Crippen molar-refractivity contribution in [1.82, 2.24) is 15.6 Å². The number of methoxy groups -OCH3 is 1. The molecule has 6 nitrogen and oxygen atoms in total. The lowest BCUT2D eigenvalue weighted by Gasteiger charge is -2.11. The van der Waals surface area contributed by atoms with E-state index in [1.54, 1.807) is 25.5 Å². The molecule has 0 aliphatic heterocycles. The molecule has 2 N–H and O–H groups in total. The van der Waals surface area contributed by atoms with Crippen LogP contribution < -0.4 is 20.1 Å². The van der Waals surface area contributed by atoms with Gasteiger partial charge in [-0.1, -0.05) is 0 Å². The first-order chi connectivity index (χ1) is 11.7. The summed E-state index contributed by atoms with van der Waals surface area (Å²) in [5, 5.41) is 7.57. The lowest BCUT2D eigenvalue weighted by molar-refractivity contribution is 0.310. The number of hydrogen-bond donors (Lipinski definition) is 2. The molecule has 1 heterocycles. The predicted molar refractivity (Wildman–Crippen MR) is 114 cm³/mol. The van der Waals surface area contributed by atoms with Crippen LogP contribution in [0.25, 0.3) is 0 Å². The van der Waals surface area contributed by atoms with Gasteiger partial charge in [0.15, 0.2) is 5.96 Å². The third-order valence-corrected chi connectivity index (χ3v) is 4.15. The predicted octanol–water partition coefficient (Wildman–Crippen LogP) is 3.21. The van der Waals surface area contributed by atoms with Gasteiger partial charge in [0.1, 0.15) is 16.5 Å². The van der Waals surface area contributed by atoms with E-state index in [-0.39, 0.29) is 24.0 Å². The van der Waals surface area contributed by atoms with E-state index < -0.39 is 0 Å². The van der Waals surface area contributed by atoms with Gasteiger partial charge in [-0.2, -0.15) is 0 Å². The third-order valence-electron chi connectivity index (χ3n) is 3.24. The second-order valence-electron chi connectivity index (χ2n) is 5.09. The zero-order valence-corrected chi connectivity index (χ0v) is 17.9. The van der Waals surface area contributed by atoms with Crippen LogP contribution in [-0.4, -0.2) is 38.3 Å². The summed E-state index contributed by atoms with van der Waals surface area (Å²) in [5.74, 6) is 2.44. The zero-order chi connectivity index (χ0) is 17.2. The number of guanidine groups is 1. The van der Waals surface area contributed by atoms with Crippen molar-refractivity contribution in [2.45, 2.75) is 19.9 Å². The van der Waals surface area contributed by atoms with E-state index in [9.17, 15) is 0 Å². The van der Waals surface area contributed by atoms with Crippen molar-refractivity contribution in [2.75, 3.05) is 27.3 Å². The zero-order valence-electron chi connectivity index (χ0n) is 14.7. The summed E-state index contributed by atoms with van der Waals surface area (Å²) >= 11 is 1.69. The van der Waals surface area contributed by atoms with E-state index in [1.165, 1.54) is 4.88 Å². The fourth-order valence-corrected chi connectivity index (χ4v) is 2.73. The molecule has 0 bridgehead atoms. The summed E-state index contributed by atoms with van der Waals surface area (Å²) in [6.45, 7) is 4.16. The van der Waals surface area contributed by atoms with Crippen LogP contribution in [0.2, 0.25) is 0 Å². The minimum absolute atomic E-state index is 0. The maximum absolute atomic E-state index is 5.69. The Labute approximate surface area is 170 Å². The number of benzene rings is 1. The van der Waals surface area contributed by atoms with Crippen LogP contribution in [0.15, 0.2) is 35.5 Å². The van der Waals surface area contributed by atoms with Crippen molar-refractivity contribution in [3.05, 3.63) is 40.3 Å². The molecule has 0 amide bonds. The molecule has 1 aromatic heterocycles. The number of aryl methyl sites for hydroxylation is 1. The maximum atomic E-state index is 5.69. The number of aromatic nitrogens is 1.